The van der Waals surface area contributed by atoms with Crippen LogP contribution in [0.15, 0.2) is 29.3 Å². The zero-order valence-electron chi connectivity index (χ0n) is 21.4. The first-order chi connectivity index (χ1) is 17.2. The van der Waals surface area contributed by atoms with Gasteiger partial charge in [-0.05, 0) is 45.7 Å². The highest BCUT2D eigenvalue weighted by atomic mass is 32.2. The van der Waals surface area contributed by atoms with Crippen LogP contribution >= 0.6 is 0 Å². The number of piperazine rings is 1. The summed E-state index contributed by atoms with van der Waals surface area (Å²) < 4.78 is 35.9. The van der Waals surface area contributed by atoms with E-state index >= 15 is 0 Å². The van der Waals surface area contributed by atoms with Crippen LogP contribution in [0.5, 0.6) is 0 Å². The summed E-state index contributed by atoms with van der Waals surface area (Å²) in [7, 11) is -2.27. The van der Waals surface area contributed by atoms with Gasteiger partial charge >= 0.3 is 5.97 Å². The first-order valence-corrected chi connectivity index (χ1v) is 13.9. The van der Waals surface area contributed by atoms with Gasteiger partial charge in [0.2, 0.25) is 15.9 Å². The van der Waals surface area contributed by atoms with Crippen LogP contribution in [0.4, 0.5) is 5.82 Å². The van der Waals surface area contributed by atoms with E-state index in [-0.39, 0.29) is 29.5 Å². The van der Waals surface area contributed by atoms with Crippen LogP contribution in [-0.4, -0.2) is 84.9 Å². The van der Waals surface area contributed by atoms with Gasteiger partial charge in [0, 0.05) is 63.9 Å². The molecule has 1 atom stereocenters. The predicted octanol–water partition coefficient (Wildman–Crippen LogP) is 1.96. The Bertz CT molecular complexity index is 1220. The molecule has 2 aliphatic heterocycles. The third-order valence-electron chi connectivity index (χ3n) is 7.30. The van der Waals surface area contributed by atoms with Gasteiger partial charge in [-0.1, -0.05) is 6.07 Å². The molecule has 2 fully saturated rings. The summed E-state index contributed by atoms with van der Waals surface area (Å²) in [6, 6.07) is 5.78. The second-order valence-electron chi connectivity index (χ2n) is 9.36. The molecule has 36 heavy (non-hydrogen) atoms. The van der Waals surface area contributed by atoms with E-state index in [2.05, 4.69) is 9.88 Å². The Hall–Kier alpha value is -2.92. The Morgan fingerprint density at radius 2 is 1.81 bits per heavy atom. The third-order valence-corrected chi connectivity index (χ3v) is 9.33. The van der Waals surface area contributed by atoms with Gasteiger partial charge in [0.15, 0.2) is 0 Å². The molecule has 2 saturated heterocycles. The first kappa shape index (κ1) is 26.2. The molecule has 0 aromatic carbocycles. The van der Waals surface area contributed by atoms with Crippen molar-refractivity contribution < 1.29 is 22.7 Å². The number of anilines is 1. The molecule has 0 bridgehead atoms. The number of carbonyl (C=O) groups is 2. The fraction of sp³-hybridized carbons (Fsp3) is 0.560. The molecular weight excluding hydrogens is 482 g/mol. The number of sulfonamides is 1. The largest absolute Gasteiger partial charge is 0.462 e. The van der Waals surface area contributed by atoms with Crippen LogP contribution in [0.3, 0.4) is 0 Å². The molecule has 4 heterocycles. The Balaban J connectivity index is 1.50. The Labute approximate surface area is 212 Å². The number of rotatable bonds is 6. The van der Waals surface area contributed by atoms with Crippen LogP contribution in [0, 0.1) is 19.8 Å². The molecule has 0 aliphatic carbocycles. The smallest absolute Gasteiger partial charge is 0.341 e. The molecule has 2 aromatic rings. The zero-order valence-corrected chi connectivity index (χ0v) is 22.3. The fourth-order valence-corrected chi connectivity index (χ4v) is 7.13. The lowest BCUT2D eigenvalue weighted by Crippen LogP contribution is -2.53. The van der Waals surface area contributed by atoms with Crippen molar-refractivity contribution in [1.29, 1.82) is 0 Å². The van der Waals surface area contributed by atoms with Gasteiger partial charge in [0.1, 0.15) is 16.3 Å². The Morgan fingerprint density at radius 1 is 1.08 bits per heavy atom. The number of hydrogen-bond donors (Lipinski definition) is 0. The van der Waals surface area contributed by atoms with Crippen molar-refractivity contribution in [3.8, 4) is 0 Å². The van der Waals surface area contributed by atoms with Gasteiger partial charge in [-0.2, -0.15) is 4.31 Å². The van der Waals surface area contributed by atoms with Gasteiger partial charge < -0.3 is 19.1 Å². The predicted molar refractivity (Wildman–Crippen MR) is 135 cm³/mol. The monoisotopic (exact) mass is 517 g/mol. The molecule has 196 valence electrons. The van der Waals surface area contributed by atoms with Gasteiger partial charge in [-0.3, -0.25) is 4.79 Å². The van der Waals surface area contributed by atoms with E-state index < -0.39 is 21.9 Å². The van der Waals surface area contributed by atoms with E-state index in [0.29, 0.717) is 57.0 Å². The molecule has 0 saturated carbocycles. The van der Waals surface area contributed by atoms with E-state index in [0.717, 1.165) is 5.82 Å². The molecule has 0 unspecified atom stereocenters. The number of esters is 1. The van der Waals surface area contributed by atoms with Crippen LogP contribution in [0.1, 0.15) is 41.5 Å². The van der Waals surface area contributed by atoms with E-state index in [1.807, 2.05) is 23.1 Å². The van der Waals surface area contributed by atoms with Crippen molar-refractivity contribution in [1.82, 2.24) is 18.8 Å². The number of hydrogen-bond acceptors (Lipinski definition) is 7. The van der Waals surface area contributed by atoms with E-state index in [1.54, 1.807) is 38.6 Å². The third kappa shape index (κ3) is 4.86. The van der Waals surface area contributed by atoms with Gasteiger partial charge in [-0.25, -0.2) is 18.2 Å². The topological polar surface area (TPSA) is 105 Å². The van der Waals surface area contributed by atoms with Crippen molar-refractivity contribution in [3.63, 3.8) is 0 Å². The number of amides is 1. The summed E-state index contributed by atoms with van der Waals surface area (Å²) in [5.41, 5.74) is 1.10. The molecule has 0 radical (unpaired) electrons. The van der Waals surface area contributed by atoms with E-state index in [1.165, 1.54) is 4.31 Å². The molecule has 0 N–H and O–H groups in total. The molecular formula is C25H35N5O5S. The highest BCUT2D eigenvalue weighted by Crippen LogP contribution is 2.32. The van der Waals surface area contributed by atoms with Gasteiger partial charge in [-0.15, -0.1) is 0 Å². The van der Waals surface area contributed by atoms with Crippen molar-refractivity contribution in [2.45, 2.75) is 38.5 Å². The van der Waals surface area contributed by atoms with Crippen molar-refractivity contribution in [2.24, 2.45) is 13.0 Å². The van der Waals surface area contributed by atoms with Crippen molar-refractivity contribution >= 4 is 27.7 Å². The van der Waals surface area contributed by atoms with Crippen LogP contribution in [0.2, 0.25) is 0 Å². The van der Waals surface area contributed by atoms with Gasteiger partial charge in [0.25, 0.3) is 0 Å². The highest BCUT2D eigenvalue weighted by Gasteiger charge is 2.40. The zero-order chi connectivity index (χ0) is 26.0. The summed E-state index contributed by atoms with van der Waals surface area (Å²) >= 11 is 0. The summed E-state index contributed by atoms with van der Waals surface area (Å²) in [5.74, 6) is -0.175. The van der Waals surface area contributed by atoms with Crippen molar-refractivity contribution in [3.05, 3.63) is 41.3 Å². The molecule has 1 amide bonds. The van der Waals surface area contributed by atoms with E-state index in [9.17, 15) is 18.0 Å². The summed E-state index contributed by atoms with van der Waals surface area (Å²) in [6.45, 7) is 8.18. The maximum atomic E-state index is 13.8. The molecule has 11 heteroatoms. The number of piperidine rings is 1. The minimum Gasteiger partial charge on any atom is -0.462 e. The Kier molecular flexibility index (Phi) is 7.70. The number of nitrogens with zero attached hydrogens (tertiary/aromatic N) is 5. The number of ether oxygens (including phenoxy) is 1. The number of aromatic nitrogens is 2. The second-order valence-corrected chi connectivity index (χ2v) is 11.2. The summed E-state index contributed by atoms with van der Waals surface area (Å²) in [4.78, 5) is 34.4. The van der Waals surface area contributed by atoms with Crippen LogP contribution < -0.4 is 4.90 Å². The Morgan fingerprint density at radius 3 is 2.44 bits per heavy atom. The average molecular weight is 518 g/mol. The standard InChI is InChI=1S/C25H35N5O5S/c1-5-35-25(32)22-18(2)27(4)19(3)23(22)36(33,34)30-12-8-9-20(17-30)24(31)29-15-13-28(14-16-29)21-10-6-7-11-26-21/h6-7,10-11,20H,5,8-9,12-17H2,1-4H3/t20-/m0/s1. The first-order valence-electron chi connectivity index (χ1n) is 12.4. The highest BCUT2D eigenvalue weighted by molar-refractivity contribution is 7.89. The summed E-state index contributed by atoms with van der Waals surface area (Å²) in [5, 5.41) is 0. The summed E-state index contributed by atoms with van der Waals surface area (Å²) in [6.07, 6.45) is 2.99. The van der Waals surface area contributed by atoms with Gasteiger partial charge in [0.05, 0.1) is 12.5 Å². The molecule has 2 aliphatic rings. The normalized spacial score (nSPS) is 19.4. The quantitative estimate of drug-likeness (QED) is 0.540. The maximum absolute atomic E-state index is 13.8. The van der Waals surface area contributed by atoms with Crippen LogP contribution in [-0.2, 0) is 26.6 Å². The lowest BCUT2D eigenvalue weighted by atomic mass is 9.98. The fourth-order valence-electron chi connectivity index (χ4n) is 5.12. The SMILES string of the molecule is CCOC(=O)c1c(S(=O)(=O)N2CCC[C@H](C(=O)N3CCN(c4ccccn4)CC3)C2)c(C)n(C)c1C. The lowest BCUT2D eigenvalue weighted by molar-refractivity contribution is -0.137. The molecule has 4 rings (SSSR count). The lowest BCUT2D eigenvalue weighted by Gasteiger charge is -2.39. The minimum absolute atomic E-state index is 0.0119. The molecule has 0 spiro atoms. The number of carbonyl (C=O) groups excluding carboxylic acids is 2. The second kappa shape index (κ2) is 10.6. The molecule has 10 nitrogen and oxygen atoms in total. The van der Waals surface area contributed by atoms with Crippen LogP contribution in [0.25, 0.3) is 0 Å². The van der Waals surface area contributed by atoms with E-state index in [4.69, 9.17) is 4.74 Å². The maximum Gasteiger partial charge on any atom is 0.341 e. The number of pyridine rings is 1. The minimum atomic E-state index is -4.01. The molecule has 2 aromatic heterocycles. The van der Waals surface area contributed by atoms with Crippen molar-refractivity contribution in [2.75, 3.05) is 50.8 Å². The average Bonchev–Trinajstić information content (AvgIpc) is 3.13.